The maximum Gasteiger partial charge on any atom is 0.226 e. The van der Waals surface area contributed by atoms with Crippen molar-refractivity contribution in [3.8, 4) is 0 Å². The molecule has 0 aromatic carbocycles. The minimum Gasteiger partial charge on any atom is -0.388 e. The molecule has 0 aliphatic carbocycles. The summed E-state index contributed by atoms with van der Waals surface area (Å²) in [6.45, 7) is 7.41. The molecule has 96 valence electrons. The highest BCUT2D eigenvalue weighted by atomic mass is 16.3. The minimum atomic E-state index is -0.851. The molecule has 0 fully saturated rings. The summed E-state index contributed by atoms with van der Waals surface area (Å²) < 4.78 is 0. The zero-order valence-corrected chi connectivity index (χ0v) is 11.4. The van der Waals surface area contributed by atoms with Crippen molar-refractivity contribution in [1.82, 2.24) is 9.97 Å². The van der Waals surface area contributed by atoms with Crippen molar-refractivity contribution in [1.29, 1.82) is 0 Å². The lowest BCUT2D eigenvalue weighted by molar-refractivity contribution is 0.0239. The SMILES string of the molecule is CN(C)c1nccc(NC(C)(C)C(C)(C)O)n1. The molecule has 0 unspecified atom stereocenters. The lowest BCUT2D eigenvalue weighted by Crippen LogP contribution is -2.51. The van der Waals surface area contributed by atoms with Crippen molar-refractivity contribution >= 4 is 11.8 Å². The molecule has 1 aromatic heterocycles. The molecule has 0 saturated carbocycles. The second-order valence-corrected chi connectivity index (χ2v) is 5.45. The maximum absolute atomic E-state index is 10.1. The van der Waals surface area contributed by atoms with Crippen LogP contribution in [-0.4, -0.2) is 40.3 Å². The molecule has 0 amide bonds. The van der Waals surface area contributed by atoms with Gasteiger partial charge >= 0.3 is 0 Å². The largest absolute Gasteiger partial charge is 0.388 e. The summed E-state index contributed by atoms with van der Waals surface area (Å²) >= 11 is 0. The fraction of sp³-hybridized carbons (Fsp3) is 0.667. The Morgan fingerprint density at radius 2 is 1.82 bits per heavy atom. The van der Waals surface area contributed by atoms with Crippen LogP contribution in [0.5, 0.6) is 0 Å². The number of nitrogens with one attached hydrogen (secondary N) is 1. The van der Waals surface area contributed by atoms with Gasteiger partial charge in [-0.25, -0.2) is 4.98 Å². The number of anilines is 2. The van der Waals surface area contributed by atoms with Crippen LogP contribution in [0, 0.1) is 0 Å². The van der Waals surface area contributed by atoms with E-state index in [4.69, 9.17) is 0 Å². The summed E-state index contributed by atoms with van der Waals surface area (Å²) in [6, 6.07) is 1.79. The van der Waals surface area contributed by atoms with Gasteiger partial charge in [0.2, 0.25) is 5.95 Å². The van der Waals surface area contributed by atoms with E-state index in [9.17, 15) is 5.11 Å². The smallest absolute Gasteiger partial charge is 0.226 e. The molecule has 0 bridgehead atoms. The van der Waals surface area contributed by atoms with Crippen molar-refractivity contribution in [3.63, 3.8) is 0 Å². The molecule has 5 nitrogen and oxygen atoms in total. The van der Waals surface area contributed by atoms with Crippen molar-refractivity contribution in [2.24, 2.45) is 0 Å². The fourth-order valence-corrected chi connectivity index (χ4v) is 1.11. The Morgan fingerprint density at radius 3 is 2.29 bits per heavy atom. The van der Waals surface area contributed by atoms with Crippen molar-refractivity contribution in [2.75, 3.05) is 24.3 Å². The van der Waals surface area contributed by atoms with Gasteiger partial charge in [0.1, 0.15) is 5.82 Å². The molecule has 1 aromatic rings. The van der Waals surface area contributed by atoms with Crippen LogP contribution in [-0.2, 0) is 0 Å². The molecule has 17 heavy (non-hydrogen) atoms. The van der Waals surface area contributed by atoms with Gasteiger partial charge in [-0.1, -0.05) is 0 Å². The standard InChI is InChI=1S/C12H22N4O/c1-11(2,12(3,4)17)15-9-7-8-13-10(14-9)16(5)6/h7-8,17H,1-6H3,(H,13,14,15). The van der Waals surface area contributed by atoms with Gasteiger partial charge in [-0.05, 0) is 33.8 Å². The second kappa shape index (κ2) is 4.49. The van der Waals surface area contributed by atoms with Crippen LogP contribution in [0.25, 0.3) is 0 Å². The molecule has 5 heteroatoms. The second-order valence-electron chi connectivity index (χ2n) is 5.45. The summed E-state index contributed by atoms with van der Waals surface area (Å²) in [6.07, 6.45) is 1.70. The highest BCUT2D eigenvalue weighted by Gasteiger charge is 2.35. The number of hydrogen-bond donors (Lipinski definition) is 2. The first-order chi connectivity index (χ1) is 7.63. The highest BCUT2D eigenvalue weighted by molar-refractivity contribution is 5.42. The topological polar surface area (TPSA) is 61.3 Å². The number of nitrogens with zero attached hydrogens (tertiary/aromatic N) is 3. The van der Waals surface area contributed by atoms with Crippen molar-refractivity contribution in [3.05, 3.63) is 12.3 Å². The fourth-order valence-electron chi connectivity index (χ4n) is 1.11. The zero-order valence-electron chi connectivity index (χ0n) is 11.4. The van der Waals surface area contributed by atoms with E-state index in [1.807, 2.05) is 32.8 Å². The molecular weight excluding hydrogens is 216 g/mol. The normalized spacial score (nSPS) is 12.4. The molecule has 0 saturated heterocycles. The van der Waals surface area contributed by atoms with E-state index in [-0.39, 0.29) is 0 Å². The van der Waals surface area contributed by atoms with Gasteiger partial charge in [0.15, 0.2) is 0 Å². The third-order valence-electron chi connectivity index (χ3n) is 3.01. The van der Waals surface area contributed by atoms with E-state index in [1.165, 1.54) is 0 Å². The van der Waals surface area contributed by atoms with Crippen LogP contribution in [0.2, 0.25) is 0 Å². The van der Waals surface area contributed by atoms with Crippen LogP contribution in [0.4, 0.5) is 11.8 Å². The lowest BCUT2D eigenvalue weighted by Gasteiger charge is -2.38. The number of aliphatic hydroxyl groups is 1. The quantitative estimate of drug-likeness (QED) is 0.832. The summed E-state index contributed by atoms with van der Waals surface area (Å²) in [5.41, 5.74) is -1.33. The Labute approximate surface area is 103 Å². The first kappa shape index (κ1) is 13.7. The summed E-state index contributed by atoms with van der Waals surface area (Å²) in [7, 11) is 3.78. The minimum absolute atomic E-state index is 0.481. The summed E-state index contributed by atoms with van der Waals surface area (Å²) in [4.78, 5) is 10.3. The van der Waals surface area contributed by atoms with E-state index in [0.717, 1.165) is 0 Å². The van der Waals surface area contributed by atoms with Gasteiger partial charge in [-0.15, -0.1) is 0 Å². The monoisotopic (exact) mass is 238 g/mol. The molecular formula is C12H22N4O. The van der Waals surface area contributed by atoms with Gasteiger partial charge in [0.05, 0.1) is 11.1 Å². The van der Waals surface area contributed by atoms with Crippen LogP contribution >= 0.6 is 0 Å². The highest BCUT2D eigenvalue weighted by Crippen LogP contribution is 2.25. The zero-order chi connectivity index (χ0) is 13.3. The van der Waals surface area contributed by atoms with E-state index in [0.29, 0.717) is 11.8 Å². The Kier molecular flexibility index (Phi) is 3.62. The average Bonchev–Trinajstić information content (AvgIpc) is 2.15. The van der Waals surface area contributed by atoms with Crippen LogP contribution in [0.15, 0.2) is 12.3 Å². The van der Waals surface area contributed by atoms with Gasteiger partial charge < -0.3 is 15.3 Å². The number of rotatable bonds is 4. The Bertz CT molecular complexity index is 382. The third-order valence-corrected chi connectivity index (χ3v) is 3.01. The van der Waals surface area contributed by atoms with Crippen LogP contribution in [0.3, 0.4) is 0 Å². The first-order valence-electron chi connectivity index (χ1n) is 5.64. The molecule has 0 atom stereocenters. The van der Waals surface area contributed by atoms with Gasteiger partial charge in [0.25, 0.3) is 0 Å². The molecule has 0 aliphatic heterocycles. The van der Waals surface area contributed by atoms with E-state index in [2.05, 4.69) is 15.3 Å². The molecule has 0 spiro atoms. The van der Waals surface area contributed by atoms with E-state index >= 15 is 0 Å². The molecule has 2 N–H and O–H groups in total. The molecule has 0 radical (unpaired) electrons. The van der Waals surface area contributed by atoms with Crippen molar-refractivity contribution < 1.29 is 5.11 Å². The molecule has 1 rings (SSSR count). The van der Waals surface area contributed by atoms with Gasteiger partial charge in [-0.3, -0.25) is 0 Å². The van der Waals surface area contributed by atoms with Gasteiger partial charge in [-0.2, -0.15) is 4.98 Å². The lowest BCUT2D eigenvalue weighted by atomic mass is 9.86. The summed E-state index contributed by atoms with van der Waals surface area (Å²) in [5.74, 6) is 1.34. The predicted octanol–water partition coefficient (Wildman–Crippen LogP) is 1.50. The average molecular weight is 238 g/mol. The molecule has 0 aliphatic rings. The summed E-state index contributed by atoms with van der Waals surface area (Å²) in [5, 5.41) is 13.3. The van der Waals surface area contributed by atoms with Crippen LogP contribution < -0.4 is 10.2 Å². The maximum atomic E-state index is 10.1. The van der Waals surface area contributed by atoms with Gasteiger partial charge in [0, 0.05) is 20.3 Å². The van der Waals surface area contributed by atoms with E-state index < -0.39 is 11.1 Å². The van der Waals surface area contributed by atoms with E-state index in [1.54, 1.807) is 26.1 Å². The Hall–Kier alpha value is -1.36. The van der Waals surface area contributed by atoms with Crippen molar-refractivity contribution in [2.45, 2.75) is 38.8 Å². The first-order valence-corrected chi connectivity index (χ1v) is 5.64. The predicted molar refractivity (Wildman–Crippen MR) is 70.4 cm³/mol. The third kappa shape index (κ3) is 3.30. The number of aromatic nitrogens is 2. The van der Waals surface area contributed by atoms with Crippen LogP contribution in [0.1, 0.15) is 27.7 Å². The number of hydrogen-bond acceptors (Lipinski definition) is 5. The Morgan fingerprint density at radius 1 is 1.24 bits per heavy atom. The molecule has 1 heterocycles. The Balaban J connectivity index is 2.92.